The molecule has 0 radical (unpaired) electrons. The molecule has 0 bridgehead atoms. The van der Waals surface area contributed by atoms with Crippen molar-refractivity contribution in [2.75, 3.05) is 0 Å². The molecule has 2 atom stereocenters. The smallest absolute Gasteiger partial charge is 0.336 e. The Hall–Kier alpha value is -1.84. The molecule has 1 saturated carbocycles. The van der Waals surface area contributed by atoms with Crippen molar-refractivity contribution in [3.8, 4) is 0 Å². The lowest BCUT2D eigenvalue weighted by molar-refractivity contribution is 0.0644. The van der Waals surface area contributed by atoms with Crippen LogP contribution in [0.2, 0.25) is 0 Å². The summed E-state index contributed by atoms with van der Waals surface area (Å²) in [5.74, 6) is -1.80. The van der Waals surface area contributed by atoms with Gasteiger partial charge in [0.1, 0.15) is 0 Å². The third-order valence-corrected chi connectivity index (χ3v) is 8.13. The van der Waals surface area contributed by atoms with Gasteiger partial charge in [-0.1, -0.05) is 116 Å². The number of carbonyl (C=O) groups is 2. The molecular weight excluding hydrogens is 424 g/mol. The van der Waals surface area contributed by atoms with E-state index in [1.807, 2.05) is 6.07 Å². The summed E-state index contributed by atoms with van der Waals surface area (Å²) in [5.41, 5.74) is 0.558. The van der Waals surface area contributed by atoms with Gasteiger partial charge in [0.25, 0.3) is 0 Å². The van der Waals surface area contributed by atoms with Crippen LogP contribution in [-0.4, -0.2) is 22.2 Å². The maximum absolute atomic E-state index is 12.4. The van der Waals surface area contributed by atoms with Gasteiger partial charge in [0.2, 0.25) is 0 Å². The molecule has 2 rings (SSSR count). The Kier molecular flexibility index (Phi) is 12.7. The Bertz CT molecular complexity index is 756. The first-order valence-corrected chi connectivity index (χ1v) is 14.1. The number of unbranched alkanes of at least 4 members (excludes halogenated alkanes) is 10. The normalized spacial score (nSPS) is 20.4. The van der Waals surface area contributed by atoms with Crippen LogP contribution in [0.25, 0.3) is 0 Å². The number of aromatic carboxylic acids is 2. The largest absolute Gasteiger partial charge is 0.478 e. The number of benzene rings is 1. The Morgan fingerprint density at radius 2 is 1.44 bits per heavy atom. The number of rotatable bonds is 17. The summed E-state index contributed by atoms with van der Waals surface area (Å²) >= 11 is 0. The second kappa shape index (κ2) is 15.2. The van der Waals surface area contributed by atoms with Crippen molar-refractivity contribution in [3.63, 3.8) is 0 Å². The number of carboxylic acid groups (broad SMARTS) is 2. The van der Waals surface area contributed by atoms with E-state index in [2.05, 4.69) is 13.8 Å². The van der Waals surface area contributed by atoms with Gasteiger partial charge in [-0.3, -0.25) is 0 Å². The molecule has 4 heteroatoms. The van der Waals surface area contributed by atoms with E-state index >= 15 is 0 Å². The van der Waals surface area contributed by atoms with E-state index in [0.29, 0.717) is 5.92 Å². The molecule has 1 aromatic rings. The van der Waals surface area contributed by atoms with E-state index in [0.717, 1.165) is 44.1 Å². The minimum atomic E-state index is -1.14. The number of carboxylic acids is 2. The first kappa shape index (κ1) is 28.4. The van der Waals surface area contributed by atoms with Crippen LogP contribution in [0.4, 0.5) is 0 Å². The molecule has 1 fully saturated rings. The Morgan fingerprint density at radius 1 is 0.824 bits per heavy atom. The SMILES string of the molecule is CCCCCCCCC1CCCCC1(CCCCCCCC)c1cccc(C(=O)O)c1C(=O)O. The summed E-state index contributed by atoms with van der Waals surface area (Å²) in [6.45, 7) is 4.47. The van der Waals surface area contributed by atoms with Crippen LogP contribution in [0, 0.1) is 5.92 Å². The molecule has 0 aliphatic heterocycles. The topological polar surface area (TPSA) is 74.6 Å². The lowest BCUT2D eigenvalue weighted by atomic mass is 9.58. The lowest BCUT2D eigenvalue weighted by Gasteiger charge is -2.46. The highest BCUT2D eigenvalue weighted by Gasteiger charge is 2.44. The highest BCUT2D eigenvalue weighted by Crippen LogP contribution is 2.51. The van der Waals surface area contributed by atoms with Crippen molar-refractivity contribution in [2.45, 2.75) is 135 Å². The molecule has 1 aromatic carbocycles. The van der Waals surface area contributed by atoms with Gasteiger partial charge in [-0.05, 0) is 48.6 Å². The minimum Gasteiger partial charge on any atom is -0.478 e. The molecule has 34 heavy (non-hydrogen) atoms. The fourth-order valence-electron chi connectivity index (χ4n) is 6.32. The first-order valence-electron chi connectivity index (χ1n) is 14.1. The van der Waals surface area contributed by atoms with Gasteiger partial charge >= 0.3 is 11.9 Å². The van der Waals surface area contributed by atoms with Gasteiger partial charge in [-0.25, -0.2) is 9.59 Å². The van der Waals surface area contributed by atoms with Crippen LogP contribution in [0.3, 0.4) is 0 Å². The Balaban J connectivity index is 2.32. The van der Waals surface area contributed by atoms with E-state index in [4.69, 9.17) is 0 Å². The van der Waals surface area contributed by atoms with Gasteiger partial charge in [0.15, 0.2) is 0 Å². The molecule has 0 aromatic heterocycles. The van der Waals surface area contributed by atoms with Crippen molar-refractivity contribution in [3.05, 3.63) is 34.9 Å². The maximum atomic E-state index is 12.4. The molecule has 192 valence electrons. The van der Waals surface area contributed by atoms with Crippen molar-refractivity contribution in [2.24, 2.45) is 5.92 Å². The molecule has 2 unspecified atom stereocenters. The molecule has 0 amide bonds. The van der Waals surface area contributed by atoms with Crippen LogP contribution in [0.15, 0.2) is 18.2 Å². The first-order chi connectivity index (χ1) is 16.5. The predicted octanol–water partition coefficient (Wildman–Crippen LogP) is 9.01. The van der Waals surface area contributed by atoms with Crippen LogP contribution < -0.4 is 0 Å². The van der Waals surface area contributed by atoms with Crippen LogP contribution in [0.5, 0.6) is 0 Å². The quantitative estimate of drug-likeness (QED) is 0.222. The fourth-order valence-corrected chi connectivity index (χ4v) is 6.32. The van der Waals surface area contributed by atoms with Crippen molar-refractivity contribution in [1.82, 2.24) is 0 Å². The van der Waals surface area contributed by atoms with E-state index in [-0.39, 0.29) is 16.5 Å². The van der Waals surface area contributed by atoms with Crippen LogP contribution in [-0.2, 0) is 5.41 Å². The molecule has 2 N–H and O–H groups in total. The molecule has 0 saturated heterocycles. The predicted molar refractivity (Wildman–Crippen MR) is 140 cm³/mol. The zero-order chi connectivity index (χ0) is 24.8. The zero-order valence-corrected chi connectivity index (χ0v) is 21.7. The second-order valence-electron chi connectivity index (χ2n) is 10.5. The molecular formula is C30H48O4. The van der Waals surface area contributed by atoms with Crippen LogP contribution >= 0.6 is 0 Å². The molecule has 0 spiro atoms. The Morgan fingerprint density at radius 3 is 2.06 bits per heavy atom. The molecule has 4 nitrogen and oxygen atoms in total. The zero-order valence-electron chi connectivity index (χ0n) is 21.7. The summed E-state index contributed by atoms with van der Waals surface area (Å²) in [6, 6.07) is 5.16. The summed E-state index contributed by atoms with van der Waals surface area (Å²) in [7, 11) is 0. The van der Waals surface area contributed by atoms with E-state index in [9.17, 15) is 19.8 Å². The van der Waals surface area contributed by atoms with E-state index in [1.54, 1.807) is 6.07 Å². The van der Waals surface area contributed by atoms with Gasteiger partial charge < -0.3 is 10.2 Å². The van der Waals surface area contributed by atoms with Crippen molar-refractivity contribution in [1.29, 1.82) is 0 Å². The van der Waals surface area contributed by atoms with Gasteiger partial charge in [0, 0.05) is 0 Å². The summed E-state index contributed by atoms with van der Waals surface area (Å²) in [6.07, 6.45) is 21.3. The second-order valence-corrected chi connectivity index (χ2v) is 10.5. The fraction of sp³-hybridized carbons (Fsp3) is 0.733. The molecule has 0 heterocycles. The minimum absolute atomic E-state index is 0.0378. The monoisotopic (exact) mass is 472 g/mol. The molecule has 1 aliphatic carbocycles. The van der Waals surface area contributed by atoms with E-state index < -0.39 is 11.9 Å². The van der Waals surface area contributed by atoms with Gasteiger partial charge in [-0.15, -0.1) is 0 Å². The Labute approximate surface area is 207 Å². The number of hydrogen-bond donors (Lipinski definition) is 2. The summed E-state index contributed by atoms with van der Waals surface area (Å²) in [5, 5.41) is 19.9. The molecule has 1 aliphatic rings. The van der Waals surface area contributed by atoms with Crippen molar-refractivity contribution < 1.29 is 19.8 Å². The van der Waals surface area contributed by atoms with Gasteiger partial charge in [0.05, 0.1) is 11.1 Å². The van der Waals surface area contributed by atoms with Crippen molar-refractivity contribution >= 4 is 11.9 Å². The van der Waals surface area contributed by atoms with Crippen LogP contribution in [0.1, 0.15) is 156 Å². The average Bonchev–Trinajstić information content (AvgIpc) is 2.83. The van der Waals surface area contributed by atoms with E-state index in [1.165, 1.54) is 83.1 Å². The lowest BCUT2D eigenvalue weighted by Crippen LogP contribution is -2.40. The highest BCUT2D eigenvalue weighted by molar-refractivity contribution is 6.03. The third-order valence-electron chi connectivity index (χ3n) is 8.13. The van der Waals surface area contributed by atoms with Gasteiger partial charge in [-0.2, -0.15) is 0 Å². The number of hydrogen-bond acceptors (Lipinski definition) is 2. The average molecular weight is 473 g/mol. The standard InChI is InChI=1S/C30H48O4/c1-3-5-7-9-11-13-18-24-19-14-16-23-30(24,22-15-12-10-8-6-4-2)26-21-17-20-25(28(31)32)27(26)29(33)34/h17,20-21,24H,3-16,18-19,22-23H2,1-2H3,(H,31,32)(H,33,34). The maximum Gasteiger partial charge on any atom is 0.336 e. The summed E-state index contributed by atoms with van der Waals surface area (Å²) < 4.78 is 0. The third kappa shape index (κ3) is 7.85. The summed E-state index contributed by atoms with van der Waals surface area (Å²) in [4.78, 5) is 24.3. The highest BCUT2D eigenvalue weighted by atomic mass is 16.4.